The second kappa shape index (κ2) is 8.89. The molecule has 2 spiro atoms. The largest absolute Gasteiger partial charge is 0.453 e. The molecule has 0 unspecified atom stereocenters. The number of amides is 1. The van der Waals surface area contributed by atoms with Crippen LogP contribution in [0.15, 0.2) is 12.7 Å². The summed E-state index contributed by atoms with van der Waals surface area (Å²) in [6.45, 7) is 5.15. The van der Waals surface area contributed by atoms with Crippen molar-refractivity contribution < 1.29 is 18.0 Å². The van der Waals surface area contributed by atoms with Crippen LogP contribution in [0, 0.1) is 10.8 Å². The molecule has 2 aromatic rings. The standard InChI is InChI=1S/C13H21N3.C11H13F3N4O/c1-2-3-5-12-14-10-16(15-12)11-8-13(9-11)6-4-7-13;1-7(19)17-4-10(5-17)2-8(3-10)18-6-15-9(16-18)11(12,13)14/h10-11H,2-9H2,1H3;6,8H,2-5H2,1H3. The van der Waals surface area contributed by atoms with Crippen LogP contribution in [-0.4, -0.2) is 53.4 Å². The van der Waals surface area contributed by atoms with Gasteiger partial charge in [0.2, 0.25) is 5.91 Å². The zero-order valence-corrected chi connectivity index (χ0v) is 20.5. The Labute approximate surface area is 203 Å². The molecule has 4 aliphatic rings. The fraction of sp³-hybridized carbons (Fsp3) is 0.792. The van der Waals surface area contributed by atoms with Gasteiger partial charge in [-0.25, -0.2) is 19.3 Å². The number of hydrogen-bond donors (Lipinski definition) is 0. The topological polar surface area (TPSA) is 81.7 Å². The van der Waals surface area contributed by atoms with Crippen molar-refractivity contribution in [1.29, 1.82) is 0 Å². The summed E-state index contributed by atoms with van der Waals surface area (Å²) in [6, 6.07) is 0.626. The van der Waals surface area contributed by atoms with Gasteiger partial charge in [0.25, 0.3) is 5.82 Å². The molecule has 6 rings (SSSR count). The average Bonchev–Trinajstić information content (AvgIpc) is 3.32. The molecule has 3 saturated carbocycles. The molecule has 2 aromatic heterocycles. The molecule has 1 aliphatic heterocycles. The van der Waals surface area contributed by atoms with Gasteiger partial charge in [-0.3, -0.25) is 4.79 Å². The van der Waals surface area contributed by atoms with Gasteiger partial charge in [-0.15, -0.1) is 5.10 Å². The van der Waals surface area contributed by atoms with Crippen LogP contribution in [0.3, 0.4) is 0 Å². The molecule has 35 heavy (non-hydrogen) atoms. The minimum absolute atomic E-state index is 0.0299. The number of carbonyl (C=O) groups excluding carboxylic acids is 1. The van der Waals surface area contributed by atoms with E-state index in [4.69, 9.17) is 0 Å². The predicted molar refractivity (Wildman–Crippen MR) is 121 cm³/mol. The molecule has 0 bridgehead atoms. The maximum absolute atomic E-state index is 12.4. The van der Waals surface area contributed by atoms with E-state index in [1.54, 1.807) is 4.90 Å². The first kappa shape index (κ1) is 24.2. The van der Waals surface area contributed by atoms with Crippen LogP contribution in [0.1, 0.15) is 95.4 Å². The fourth-order valence-electron chi connectivity index (χ4n) is 6.10. The van der Waals surface area contributed by atoms with E-state index >= 15 is 0 Å². The monoisotopic (exact) mass is 493 g/mol. The lowest BCUT2D eigenvalue weighted by Gasteiger charge is -2.58. The number of carbonyl (C=O) groups is 1. The number of aryl methyl sites for hydroxylation is 1. The summed E-state index contributed by atoms with van der Waals surface area (Å²) in [7, 11) is 0. The van der Waals surface area contributed by atoms with E-state index in [0.29, 0.717) is 19.1 Å². The van der Waals surface area contributed by atoms with Crippen LogP contribution < -0.4 is 0 Å². The molecule has 8 nitrogen and oxygen atoms in total. The first-order valence-electron chi connectivity index (χ1n) is 12.7. The van der Waals surface area contributed by atoms with E-state index in [1.807, 2.05) is 6.33 Å². The molecule has 0 aromatic carbocycles. The lowest BCUT2D eigenvalue weighted by Crippen LogP contribution is -2.63. The SMILES string of the molecule is CC(=O)N1CC2(CC(n3cnc(C(F)(F)F)n3)C2)C1.CCCCc1ncn(C2CC3(CCC3)C2)n1. The normalized spacial score (nSPS) is 24.1. The molecule has 192 valence electrons. The molecule has 0 atom stereocenters. The van der Waals surface area contributed by atoms with Gasteiger partial charge < -0.3 is 4.90 Å². The second-order valence-electron chi connectivity index (χ2n) is 11.1. The maximum Gasteiger partial charge on any atom is 0.453 e. The molecular formula is C24H34F3N7O. The van der Waals surface area contributed by atoms with Gasteiger partial charge in [0, 0.05) is 31.8 Å². The van der Waals surface area contributed by atoms with Gasteiger partial charge in [-0.05, 0) is 50.4 Å². The van der Waals surface area contributed by atoms with Crippen molar-refractivity contribution in [2.24, 2.45) is 10.8 Å². The fourth-order valence-corrected chi connectivity index (χ4v) is 6.10. The summed E-state index contributed by atoms with van der Waals surface area (Å²) in [6.07, 6.45) is 10.7. The highest BCUT2D eigenvalue weighted by atomic mass is 19.4. The van der Waals surface area contributed by atoms with Crippen LogP contribution in [-0.2, 0) is 17.4 Å². The Kier molecular flexibility index (Phi) is 6.15. The van der Waals surface area contributed by atoms with E-state index < -0.39 is 12.0 Å². The molecule has 1 amide bonds. The lowest BCUT2D eigenvalue weighted by atomic mass is 9.54. The Morgan fingerprint density at radius 2 is 1.60 bits per heavy atom. The minimum Gasteiger partial charge on any atom is -0.342 e. The van der Waals surface area contributed by atoms with Crippen LogP contribution in [0.25, 0.3) is 0 Å². The Balaban J connectivity index is 0.000000147. The van der Waals surface area contributed by atoms with E-state index in [2.05, 4.69) is 31.8 Å². The lowest BCUT2D eigenvalue weighted by molar-refractivity contribution is -0.153. The summed E-state index contributed by atoms with van der Waals surface area (Å²) < 4.78 is 40.5. The van der Waals surface area contributed by atoms with Gasteiger partial charge in [-0.2, -0.15) is 18.3 Å². The summed E-state index contributed by atoms with van der Waals surface area (Å²) >= 11 is 0. The number of hydrogen-bond acceptors (Lipinski definition) is 5. The van der Waals surface area contributed by atoms with Crippen molar-refractivity contribution in [2.75, 3.05) is 13.1 Å². The van der Waals surface area contributed by atoms with E-state index in [-0.39, 0.29) is 17.4 Å². The van der Waals surface area contributed by atoms with Crippen molar-refractivity contribution in [3.63, 3.8) is 0 Å². The van der Waals surface area contributed by atoms with Gasteiger partial charge in [0.1, 0.15) is 12.7 Å². The van der Waals surface area contributed by atoms with Crippen LogP contribution in [0.5, 0.6) is 0 Å². The summed E-state index contributed by atoms with van der Waals surface area (Å²) in [5.74, 6) is -0.00183. The third-order valence-corrected chi connectivity index (χ3v) is 8.41. The highest BCUT2D eigenvalue weighted by molar-refractivity contribution is 5.74. The van der Waals surface area contributed by atoms with E-state index in [0.717, 1.165) is 36.8 Å². The van der Waals surface area contributed by atoms with Crippen LogP contribution in [0.4, 0.5) is 13.2 Å². The van der Waals surface area contributed by atoms with Gasteiger partial charge in [0.15, 0.2) is 5.82 Å². The molecule has 0 N–H and O–H groups in total. The van der Waals surface area contributed by atoms with E-state index in [9.17, 15) is 18.0 Å². The molecule has 3 heterocycles. The summed E-state index contributed by atoms with van der Waals surface area (Å²) in [5, 5.41) is 8.08. The predicted octanol–water partition coefficient (Wildman–Crippen LogP) is 4.61. The van der Waals surface area contributed by atoms with Gasteiger partial charge in [-0.1, -0.05) is 19.8 Å². The van der Waals surface area contributed by atoms with Crippen molar-refractivity contribution in [3.8, 4) is 0 Å². The van der Waals surface area contributed by atoms with E-state index in [1.165, 1.54) is 56.6 Å². The molecule has 3 aliphatic carbocycles. The minimum atomic E-state index is -4.49. The number of alkyl halides is 3. The quantitative estimate of drug-likeness (QED) is 0.608. The number of aromatic nitrogens is 6. The molecule has 4 fully saturated rings. The molecule has 0 radical (unpaired) electrons. The third kappa shape index (κ3) is 4.82. The molecule has 11 heteroatoms. The van der Waals surface area contributed by atoms with Gasteiger partial charge in [0.05, 0.1) is 12.1 Å². The average molecular weight is 494 g/mol. The smallest absolute Gasteiger partial charge is 0.342 e. The van der Waals surface area contributed by atoms with Gasteiger partial charge >= 0.3 is 6.18 Å². The number of rotatable bonds is 5. The van der Waals surface area contributed by atoms with Crippen molar-refractivity contribution >= 4 is 5.91 Å². The zero-order chi connectivity index (χ0) is 24.8. The first-order chi connectivity index (χ1) is 16.6. The van der Waals surface area contributed by atoms with Crippen molar-refractivity contribution in [1.82, 2.24) is 34.4 Å². The molecular weight excluding hydrogens is 459 g/mol. The maximum atomic E-state index is 12.4. The molecule has 1 saturated heterocycles. The Bertz CT molecular complexity index is 1040. The van der Waals surface area contributed by atoms with Crippen molar-refractivity contribution in [3.05, 3.63) is 24.3 Å². The number of unbranched alkanes of at least 4 members (excludes halogenated alkanes) is 1. The summed E-state index contributed by atoms with van der Waals surface area (Å²) in [4.78, 5) is 20.5. The Morgan fingerprint density at radius 1 is 1.00 bits per heavy atom. The Hall–Kier alpha value is -2.46. The van der Waals surface area contributed by atoms with Crippen molar-refractivity contribution in [2.45, 2.75) is 96.3 Å². The first-order valence-corrected chi connectivity index (χ1v) is 12.7. The van der Waals surface area contributed by atoms with Crippen LogP contribution in [0.2, 0.25) is 0 Å². The highest BCUT2D eigenvalue weighted by Crippen LogP contribution is 2.60. The number of halogens is 3. The van der Waals surface area contributed by atoms with Crippen LogP contribution >= 0.6 is 0 Å². The zero-order valence-electron chi connectivity index (χ0n) is 20.5. The Morgan fingerprint density at radius 3 is 2.11 bits per heavy atom. The number of nitrogens with zero attached hydrogens (tertiary/aromatic N) is 7. The third-order valence-electron chi connectivity index (χ3n) is 8.41. The summed E-state index contributed by atoms with van der Waals surface area (Å²) in [5.41, 5.74) is 0.834. The highest BCUT2D eigenvalue weighted by Gasteiger charge is 2.54. The second-order valence-corrected chi connectivity index (χ2v) is 11.1. The number of likely N-dealkylation sites (tertiary alicyclic amines) is 1.